The first-order valence-corrected chi connectivity index (χ1v) is 6.71. The number of esters is 1. The molecule has 5 nitrogen and oxygen atoms in total. The SMILES string of the molecule is CCCCCCCCNC(=O)C1OC1C(=O)OC. The number of hydrogen-bond donors (Lipinski definition) is 1. The lowest BCUT2D eigenvalue weighted by Gasteiger charge is -2.03. The van der Waals surface area contributed by atoms with E-state index in [2.05, 4.69) is 17.0 Å². The number of epoxide rings is 1. The Kier molecular flexibility index (Phi) is 6.72. The average Bonchev–Trinajstić information content (AvgIpc) is 3.17. The van der Waals surface area contributed by atoms with Gasteiger partial charge in [-0.3, -0.25) is 4.79 Å². The van der Waals surface area contributed by atoms with E-state index < -0.39 is 18.2 Å². The van der Waals surface area contributed by atoms with Crippen molar-refractivity contribution in [2.75, 3.05) is 13.7 Å². The molecular formula is C13H23NO4. The first-order valence-electron chi connectivity index (χ1n) is 6.71. The van der Waals surface area contributed by atoms with Crippen molar-refractivity contribution in [1.82, 2.24) is 5.32 Å². The predicted octanol–water partition coefficient (Wildman–Crippen LogP) is 1.40. The summed E-state index contributed by atoms with van der Waals surface area (Å²) in [5.41, 5.74) is 0. The lowest BCUT2D eigenvalue weighted by molar-refractivity contribution is -0.142. The Morgan fingerprint density at radius 1 is 1.11 bits per heavy atom. The zero-order valence-electron chi connectivity index (χ0n) is 11.2. The van der Waals surface area contributed by atoms with E-state index >= 15 is 0 Å². The van der Waals surface area contributed by atoms with Gasteiger partial charge < -0.3 is 14.8 Å². The Labute approximate surface area is 108 Å². The molecule has 2 atom stereocenters. The summed E-state index contributed by atoms with van der Waals surface area (Å²) in [6.45, 7) is 2.84. The smallest absolute Gasteiger partial charge is 0.338 e. The summed E-state index contributed by atoms with van der Waals surface area (Å²) in [4.78, 5) is 22.6. The molecule has 0 aliphatic carbocycles. The highest BCUT2D eigenvalue weighted by Gasteiger charge is 2.51. The van der Waals surface area contributed by atoms with E-state index in [9.17, 15) is 9.59 Å². The molecule has 1 aliphatic rings. The number of nitrogens with one attached hydrogen (secondary N) is 1. The van der Waals surface area contributed by atoms with Gasteiger partial charge in [-0.2, -0.15) is 0 Å². The minimum Gasteiger partial charge on any atom is -0.467 e. The van der Waals surface area contributed by atoms with Crippen LogP contribution in [-0.4, -0.2) is 37.7 Å². The molecule has 5 heteroatoms. The van der Waals surface area contributed by atoms with E-state index in [0.717, 1.165) is 12.8 Å². The van der Waals surface area contributed by atoms with Crippen LogP contribution < -0.4 is 5.32 Å². The molecule has 0 saturated carbocycles. The zero-order chi connectivity index (χ0) is 13.4. The van der Waals surface area contributed by atoms with Gasteiger partial charge in [0.15, 0.2) is 12.2 Å². The second-order valence-corrected chi connectivity index (χ2v) is 4.56. The van der Waals surface area contributed by atoms with Crippen LogP contribution in [0.2, 0.25) is 0 Å². The van der Waals surface area contributed by atoms with Crippen LogP contribution in [0.3, 0.4) is 0 Å². The van der Waals surface area contributed by atoms with Gasteiger partial charge in [0.2, 0.25) is 0 Å². The fourth-order valence-electron chi connectivity index (χ4n) is 1.82. The Morgan fingerprint density at radius 3 is 2.44 bits per heavy atom. The average molecular weight is 257 g/mol. The van der Waals surface area contributed by atoms with Crippen molar-refractivity contribution in [2.24, 2.45) is 0 Å². The van der Waals surface area contributed by atoms with Crippen LogP contribution in [0.5, 0.6) is 0 Å². The minimum atomic E-state index is -0.695. The van der Waals surface area contributed by atoms with Gasteiger partial charge in [-0.1, -0.05) is 39.0 Å². The van der Waals surface area contributed by atoms with Crippen LogP contribution in [-0.2, 0) is 19.1 Å². The van der Waals surface area contributed by atoms with Crippen LogP contribution in [0, 0.1) is 0 Å². The summed E-state index contributed by atoms with van der Waals surface area (Å²) in [5.74, 6) is -0.686. The summed E-state index contributed by atoms with van der Waals surface area (Å²) >= 11 is 0. The van der Waals surface area contributed by atoms with E-state index in [1.165, 1.54) is 32.8 Å². The Balaban J connectivity index is 1.97. The minimum absolute atomic E-state index is 0.209. The molecule has 104 valence electrons. The Bertz CT molecular complexity index is 280. The second-order valence-electron chi connectivity index (χ2n) is 4.56. The normalized spacial score (nSPS) is 21.4. The Morgan fingerprint density at radius 2 is 1.78 bits per heavy atom. The van der Waals surface area contributed by atoms with Crippen molar-refractivity contribution in [3.05, 3.63) is 0 Å². The highest BCUT2D eigenvalue weighted by Crippen LogP contribution is 2.23. The number of methoxy groups -OCH3 is 1. The van der Waals surface area contributed by atoms with Gasteiger partial charge in [-0.25, -0.2) is 4.79 Å². The molecule has 18 heavy (non-hydrogen) atoms. The summed E-state index contributed by atoms with van der Waals surface area (Å²) in [6, 6.07) is 0. The van der Waals surface area contributed by atoms with Gasteiger partial charge in [-0.15, -0.1) is 0 Å². The van der Waals surface area contributed by atoms with Crippen LogP contribution in [0.4, 0.5) is 0 Å². The lowest BCUT2D eigenvalue weighted by atomic mass is 10.1. The van der Waals surface area contributed by atoms with Crippen LogP contribution in [0.1, 0.15) is 45.4 Å². The fraction of sp³-hybridized carbons (Fsp3) is 0.846. The van der Waals surface area contributed by atoms with E-state index in [0.29, 0.717) is 6.54 Å². The van der Waals surface area contributed by atoms with Crippen molar-refractivity contribution in [3.63, 3.8) is 0 Å². The van der Waals surface area contributed by atoms with Crippen molar-refractivity contribution in [3.8, 4) is 0 Å². The lowest BCUT2D eigenvalue weighted by Crippen LogP contribution is -2.31. The van der Waals surface area contributed by atoms with E-state index in [1.54, 1.807) is 0 Å². The molecule has 2 unspecified atom stereocenters. The maximum atomic E-state index is 11.5. The number of carbonyl (C=O) groups excluding carboxylic acids is 2. The van der Waals surface area contributed by atoms with Crippen molar-refractivity contribution in [2.45, 2.75) is 57.7 Å². The molecule has 1 saturated heterocycles. The molecule has 0 bridgehead atoms. The third kappa shape index (κ3) is 5.04. The van der Waals surface area contributed by atoms with Crippen LogP contribution in [0.15, 0.2) is 0 Å². The molecule has 1 rings (SSSR count). The molecule has 0 aromatic carbocycles. The van der Waals surface area contributed by atoms with Gasteiger partial charge in [0.1, 0.15) is 0 Å². The fourth-order valence-corrected chi connectivity index (χ4v) is 1.82. The summed E-state index contributed by atoms with van der Waals surface area (Å²) < 4.78 is 9.45. The first-order chi connectivity index (χ1) is 8.70. The number of rotatable bonds is 9. The maximum Gasteiger partial charge on any atom is 0.338 e. The molecule has 1 amide bonds. The first kappa shape index (κ1) is 15.0. The van der Waals surface area contributed by atoms with E-state index in [-0.39, 0.29) is 5.91 Å². The van der Waals surface area contributed by atoms with Gasteiger partial charge >= 0.3 is 5.97 Å². The molecule has 0 radical (unpaired) electrons. The zero-order valence-corrected chi connectivity index (χ0v) is 11.2. The molecule has 0 aromatic rings. The van der Waals surface area contributed by atoms with Gasteiger partial charge in [0.25, 0.3) is 5.91 Å². The highest BCUT2D eigenvalue weighted by atomic mass is 16.6. The highest BCUT2D eigenvalue weighted by molar-refractivity contribution is 5.92. The quantitative estimate of drug-likeness (QED) is 0.385. The number of amides is 1. The third-order valence-corrected chi connectivity index (χ3v) is 3.01. The molecule has 0 aromatic heterocycles. The van der Waals surface area contributed by atoms with Crippen molar-refractivity contribution < 1.29 is 19.1 Å². The van der Waals surface area contributed by atoms with Gasteiger partial charge in [0.05, 0.1) is 7.11 Å². The molecule has 1 heterocycles. The van der Waals surface area contributed by atoms with Gasteiger partial charge in [0, 0.05) is 6.54 Å². The molecule has 1 aliphatic heterocycles. The molecule has 1 N–H and O–H groups in total. The number of ether oxygens (including phenoxy) is 2. The maximum absolute atomic E-state index is 11.5. The van der Waals surface area contributed by atoms with Gasteiger partial charge in [-0.05, 0) is 6.42 Å². The number of hydrogen-bond acceptors (Lipinski definition) is 4. The van der Waals surface area contributed by atoms with E-state index in [4.69, 9.17) is 4.74 Å². The molecule has 0 spiro atoms. The van der Waals surface area contributed by atoms with Crippen LogP contribution in [0.25, 0.3) is 0 Å². The third-order valence-electron chi connectivity index (χ3n) is 3.01. The standard InChI is InChI=1S/C13H23NO4/c1-3-4-5-6-7-8-9-14-12(15)10-11(18-10)13(16)17-2/h10-11H,3-9H2,1-2H3,(H,14,15). The molecule has 1 fully saturated rings. The summed E-state index contributed by atoms with van der Waals surface area (Å²) in [6.07, 6.45) is 5.78. The number of unbranched alkanes of at least 4 members (excludes halogenated alkanes) is 5. The topological polar surface area (TPSA) is 67.9 Å². The van der Waals surface area contributed by atoms with Crippen molar-refractivity contribution in [1.29, 1.82) is 0 Å². The summed E-state index contributed by atoms with van der Waals surface area (Å²) in [5, 5.41) is 2.77. The van der Waals surface area contributed by atoms with Crippen molar-refractivity contribution >= 4 is 11.9 Å². The molecular weight excluding hydrogens is 234 g/mol. The summed E-state index contributed by atoms with van der Waals surface area (Å²) in [7, 11) is 1.29. The largest absolute Gasteiger partial charge is 0.467 e. The number of carbonyl (C=O) groups is 2. The second kappa shape index (κ2) is 8.08. The monoisotopic (exact) mass is 257 g/mol. The van der Waals surface area contributed by atoms with E-state index in [1.807, 2.05) is 0 Å². The predicted molar refractivity (Wildman–Crippen MR) is 67.1 cm³/mol. The van der Waals surface area contributed by atoms with Crippen LogP contribution >= 0.6 is 0 Å². The Hall–Kier alpha value is -1.10.